The highest BCUT2D eigenvalue weighted by molar-refractivity contribution is 5.85. The third-order valence-corrected chi connectivity index (χ3v) is 2.97. The third-order valence-electron chi connectivity index (χ3n) is 2.97. The Labute approximate surface area is 102 Å². The van der Waals surface area contributed by atoms with Crippen LogP contribution in [0.4, 0.5) is 0 Å². The number of nitrogens with two attached hydrogens (primary N) is 1. The highest BCUT2D eigenvalue weighted by Gasteiger charge is 2.06. The van der Waals surface area contributed by atoms with Crippen molar-refractivity contribution in [2.75, 3.05) is 13.2 Å². The van der Waals surface area contributed by atoms with Crippen LogP contribution in [0.5, 0.6) is 5.75 Å². The van der Waals surface area contributed by atoms with Gasteiger partial charge in [0.25, 0.3) is 0 Å². The Balaban J connectivity index is 2.38. The van der Waals surface area contributed by atoms with Gasteiger partial charge < -0.3 is 15.0 Å². The van der Waals surface area contributed by atoms with Crippen LogP contribution in [-0.2, 0) is 6.54 Å². The van der Waals surface area contributed by atoms with E-state index in [1.54, 1.807) is 0 Å². The molecule has 92 valence electrons. The standard InChI is InChI=1S/C14H20N2O/c1-3-17-12-5-6-14-13(9-12)11(2)10-16(14)8-4-7-15/h5-6,9-10H,3-4,7-8,15H2,1-2H3. The monoisotopic (exact) mass is 232 g/mol. The SMILES string of the molecule is CCOc1ccc2c(c1)c(C)cn2CCCN. The molecule has 0 aliphatic heterocycles. The average molecular weight is 232 g/mol. The van der Waals surface area contributed by atoms with Crippen LogP contribution in [0.1, 0.15) is 18.9 Å². The van der Waals surface area contributed by atoms with Gasteiger partial charge in [-0.25, -0.2) is 0 Å². The van der Waals surface area contributed by atoms with Crippen LogP contribution in [0, 0.1) is 6.92 Å². The molecule has 2 rings (SSSR count). The summed E-state index contributed by atoms with van der Waals surface area (Å²) in [6.07, 6.45) is 3.20. The van der Waals surface area contributed by atoms with Gasteiger partial charge in [-0.1, -0.05) is 0 Å². The molecule has 0 radical (unpaired) electrons. The maximum atomic E-state index is 5.56. The van der Waals surface area contributed by atoms with Gasteiger partial charge in [-0.15, -0.1) is 0 Å². The number of aryl methyl sites for hydroxylation is 2. The molecular formula is C14H20N2O. The first-order chi connectivity index (χ1) is 8.26. The number of ether oxygens (including phenoxy) is 1. The highest BCUT2D eigenvalue weighted by atomic mass is 16.5. The lowest BCUT2D eigenvalue weighted by Crippen LogP contribution is -2.04. The van der Waals surface area contributed by atoms with E-state index in [0.29, 0.717) is 6.61 Å². The van der Waals surface area contributed by atoms with Crippen LogP contribution in [0.15, 0.2) is 24.4 Å². The third kappa shape index (κ3) is 2.44. The van der Waals surface area contributed by atoms with E-state index in [9.17, 15) is 0 Å². The smallest absolute Gasteiger partial charge is 0.120 e. The largest absolute Gasteiger partial charge is 0.494 e. The van der Waals surface area contributed by atoms with Crippen molar-refractivity contribution in [2.24, 2.45) is 5.73 Å². The number of rotatable bonds is 5. The van der Waals surface area contributed by atoms with Gasteiger partial charge in [0.05, 0.1) is 6.61 Å². The molecule has 1 aromatic heterocycles. The molecule has 0 amide bonds. The maximum absolute atomic E-state index is 5.56. The second kappa shape index (κ2) is 5.23. The minimum absolute atomic E-state index is 0.707. The summed E-state index contributed by atoms with van der Waals surface area (Å²) < 4.78 is 7.80. The van der Waals surface area contributed by atoms with Crippen LogP contribution >= 0.6 is 0 Å². The van der Waals surface area contributed by atoms with Crippen molar-refractivity contribution in [3.05, 3.63) is 30.0 Å². The average Bonchev–Trinajstić information content (AvgIpc) is 2.64. The summed E-state index contributed by atoms with van der Waals surface area (Å²) in [5.41, 5.74) is 8.11. The molecule has 2 aromatic rings. The second-order valence-electron chi connectivity index (χ2n) is 4.26. The molecule has 0 unspecified atom stereocenters. The van der Waals surface area contributed by atoms with Crippen molar-refractivity contribution < 1.29 is 4.74 Å². The topological polar surface area (TPSA) is 40.2 Å². The van der Waals surface area contributed by atoms with Crippen molar-refractivity contribution in [1.29, 1.82) is 0 Å². The van der Waals surface area contributed by atoms with Crippen LogP contribution in [-0.4, -0.2) is 17.7 Å². The Bertz CT molecular complexity index is 502. The highest BCUT2D eigenvalue weighted by Crippen LogP contribution is 2.25. The van der Waals surface area contributed by atoms with E-state index in [1.807, 2.05) is 13.0 Å². The summed E-state index contributed by atoms with van der Waals surface area (Å²) in [5, 5.41) is 1.27. The molecule has 0 spiro atoms. The Morgan fingerprint density at radius 1 is 1.35 bits per heavy atom. The quantitative estimate of drug-likeness (QED) is 0.861. The van der Waals surface area contributed by atoms with Gasteiger partial charge in [0.2, 0.25) is 0 Å². The molecule has 0 aliphatic carbocycles. The van der Waals surface area contributed by atoms with Crippen LogP contribution in [0.25, 0.3) is 10.9 Å². The van der Waals surface area contributed by atoms with Gasteiger partial charge in [-0.2, -0.15) is 0 Å². The summed E-state index contributed by atoms with van der Waals surface area (Å²) in [5.74, 6) is 0.944. The summed E-state index contributed by atoms with van der Waals surface area (Å²) in [6, 6.07) is 6.28. The summed E-state index contributed by atoms with van der Waals surface area (Å²) in [6.45, 7) is 6.56. The zero-order valence-corrected chi connectivity index (χ0v) is 10.6. The Morgan fingerprint density at radius 2 is 2.18 bits per heavy atom. The fraction of sp³-hybridized carbons (Fsp3) is 0.429. The number of fused-ring (bicyclic) bond motifs is 1. The van der Waals surface area contributed by atoms with Crippen LogP contribution in [0.2, 0.25) is 0 Å². The molecule has 0 saturated carbocycles. The molecule has 0 fully saturated rings. The molecule has 1 heterocycles. The number of hydrogen-bond acceptors (Lipinski definition) is 2. The molecule has 3 nitrogen and oxygen atoms in total. The molecule has 0 aliphatic rings. The molecule has 1 aromatic carbocycles. The first-order valence-corrected chi connectivity index (χ1v) is 6.18. The van der Waals surface area contributed by atoms with Gasteiger partial charge in [-0.3, -0.25) is 0 Å². The predicted molar refractivity (Wildman–Crippen MR) is 71.5 cm³/mol. The normalized spacial score (nSPS) is 11.0. The van der Waals surface area contributed by atoms with Crippen molar-refractivity contribution in [3.8, 4) is 5.75 Å². The Kier molecular flexibility index (Phi) is 3.69. The first-order valence-electron chi connectivity index (χ1n) is 6.18. The van der Waals surface area contributed by atoms with Gasteiger partial charge in [0, 0.05) is 23.6 Å². The van der Waals surface area contributed by atoms with Crippen molar-refractivity contribution in [3.63, 3.8) is 0 Å². The fourth-order valence-corrected chi connectivity index (χ4v) is 2.16. The van der Waals surface area contributed by atoms with E-state index >= 15 is 0 Å². The number of hydrogen-bond donors (Lipinski definition) is 1. The lowest BCUT2D eigenvalue weighted by molar-refractivity contribution is 0.340. The van der Waals surface area contributed by atoms with Crippen molar-refractivity contribution >= 4 is 10.9 Å². The van der Waals surface area contributed by atoms with Crippen LogP contribution in [0.3, 0.4) is 0 Å². The van der Waals surface area contributed by atoms with E-state index in [0.717, 1.165) is 25.3 Å². The zero-order chi connectivity index (χ0) is 12.3. The van der Waals surface area contributed by atoms with Gasteiger partial charge in [0.15, 0.2) is 0 Å². The van der Waals surface area contributed by atoms with Gasteiger partial charge in [-0.05, 0) is 50.6 Å². The molecule has 3 heteroatoms. The molecule has 2 N–H and O–H groups in total. The Morgan fingerprint density at radius 3 is 2.88 bits per heavy atom. The number of benzene rings is 1. The maximum Gasteiger partial charge on any atom is 0.120 e. The number of aromatic nitrogens is 1. The molecular weight excluding hydrogens is 212 g/mol. The number of nitrogens with zero attached hydrogens (tertiary/aromatic N) is 1. The Hall–Kier alpha value is -1.48. The lowest BCUT2D eigenvalue weighted by atomic mass is 10.2. The molecule has 0 saturated heterocycles. The molecule has 17 heavy (non-hydrogen) atoms. The van der Waals surface area contributed by atoms with E-state index in [-0.39, 0.29) is 0 Å². The first kappa shape index (κ1) is 12.0. The fourth-order valence-electron chi connectivity index (χ4n) is 2.16. The van der Waals surface area contributed by atoms with E-state index < -0.39 is 0 Å². The van der Waals surface area contributed by atoms with Crippen molar-refractivity contribution in [1.82, 2.24) is 4.57 Å². The summed E-state index contributed by atoms with van der Waals surface area (Å²) >= 11 is 0. The molecule has 0 atom stereocenters. The lowest BCUT2D eigenvalue weighted by Gasteiger charge is -2.06. The van der Waals surface area contributed by atoms with E-state index in [1.165, 1.54) is 16.5 Å². The minimum Gasteiger partial charge on any atom is -0.494 e. The summed E-state index contributed by atoms with van der Waals surface area (Å²) in [4.78, 5) is 0. The molecule has 0 bridgehead atoms. The van der Waals surface area contributed by atoms with E-state index in [2.05, 4.69) is 29.8 Å². The van der Waals surface area contributed by atoms with Gasteiger partial charge in [0.1, 0.15) is 5.75 Å². The predicted octanol–water partition coefficient (Wildman–Crippen LogP) is 2.70. The van der Waals surface area contributed by atoms with Crippen LogP contribution < -0.4 is 10.5 Å². The van der Waals surface area contributed by atoms with Gasteiger partial charge >= 0.3 is 0 Å². The van der Waals surface area contributed by atoms with E-state index in [4.69, 9.17) is 10.5 Å². The van der Waals surface area contributed by atoms with Crippen molar-refractivity contribution in [2.45, 2.75) is 26.8 Å². The minimum atomic E-state index is 0.707. The summed E-state index contributed by atoms with van der Waals surface area (Å²) in [7, 11) is 0. The zero-order valence-electron chi connectivity index (χ0n) is 10.6. The second-order valence-corrected chi connectivity index (χ2v) is 4.26.